The fourth-order valence-corrected chi connectivity index (χ4v) is 3.80. The summed E-state index contributed by atoms with van der Waals surface area (Å²) in [5.74, 6) is 0.339. The maximum Gasteiger partial charge on any atom is 0.410 e. The van der Waals surface area contributed by atoms with Crippen LogP contribution in [-0.2, 0) is 16.1 Å². The van der Waals surface area contributed by atoms with E-state index in [1.54, 1.807) is 4.90 Å². The molecular formula is C25H35NO4. The van der Waals surface area contributed by atoms with E-state index < -0.39 is 0 Å². The standard InChI is InChI=1S/C25H35NO4/c1-19(2)17-23(24(15-16-27)30-18-21-11-7-5-8-12-21)26(25(28)29-4)20(3)22-13-9-6-10-14-22/h5-14,19-20,23-24,27H,15-18H2,1-4H3/t20-,23-,24-/m1/s1. The molecule has 0 radical (unpaired) electrons. The van der Waals surface area contributed by atoms with Crippen LogP contribution in [0.25, 0.3) is 0 Å². The van der Waals surface area contributed by atoms with Gasteiger partial charge in [-0.15, -0.1) is 0 Å². The Kier molecular flexibility index (Phi) is 9.84. The zero-order valence-electron chi connectivity index (χ0n) is 18.5. The number of carbonyl (C=O) groups excluding carboxylic acids is 1. The highest BCUT2D eigenvalue weighted by Crippen LogP contribution is 2.30. The van der Waals surface area contributed by atoms with E-state index in [1.165, 1.54) is 7.11 Å². The van der Waals surface area contributed by atoms with Crippen molar-refractivity contribution in [3.8, 4) is 0 Å². The van der Waals surface area contributed by atoms with Crippen LogP contribution in [0.1, 0.15) is 50.8 Å². The zero-order valence-corrected chi connectivity index (χ0v) is 18.5. The maximum atomic E-state index is 12.9. The van der Waals surface area contributed by atoms with E-state index in [1.807, 2.05) is 67.6 Å². The lowest BCUT2D eigenvalue weighted by molar-refractivity contribution is -0.0468. The van der Waals surface area contributed by atoms with Gasteiger partial charge in [0.05, 0.1) is 31.9 Å². The van der Waals surface area contributed by atoms with Crippen LogP contribution in [-0.4, -0.2) is 42.0 Å². The average Bonchev–Trinajstić information content (AvgIpc) is 2.77. The number of hydrogen-bond donors (Lipinski definition) is 1. The molecule has 0 unspecified atom stereocenters. The molecule has 0 aromatic heterocycles. The van der Waals surface area contributed by atoms with Crippen LogP contribution in [0.2, 0.25) is 0 Å². The molecule has 0 saturated carbocycles. The van der Waals surface area contributed by atoms with Crippen molar-refractivity contribution in [1.29, 1.82) is 0 Å². The third kappa shape index (κ3) is 6.85. The Morgan fingerprint density at radius 2 is 1.60 bits per heavy atom. The van der Waals surface area contributed by atoms with Gasteiger partial charge in [-0.3, -0.25) is 4.90 Å². The quantitative estimate of drug-likeness (QED) is 0.550. The van der Waals surface area contributed by atoms with Crippen molar-refractivity contribution >= 4 is 6.09 Å². The molecule has 0 spiro atoms. The van der Waals surface area contributed by atoms with Crippen LogP contribution in [0.5, 0.6) is 0 Å². The molecule has 5 nitrogen and oxygen atoms in total. The monoisotopic (exact) mass is 413 g/mol. The van der Waals surface area contributed by atoms with E-state index >= 15 is 0 Å². The Balaban J connectivity index is 2.35. The van der Waals surface area contributed by atoms with Gasteiger partial charge in [0, 0.05) is 6.61 Å². The molecule has 1 amide bonds. The second-order valence-corrected chi connectivity index (χ2v) is 8.01. The van der Waals surface area contributed by atoms with Crippen LogP contribution >= 0.6 is 0 Å². The second kappa shape index (κ2) is 12.4. The number of aliphatic hydroxyl groups is 1. The van der Waals surface area contributed by atoms with Gasteiger partial charge in [0.15, 0.2) is 0 Å². The molecular weight excluding hydrogens is 378 g/mol. The molecule has 0 aliphatic rings. The summed E-state index contributed by atoms with van der Waals surface area (Å²) < 4.78 is 11.5. The number of ether oxygens (including phenoxy) is 2. The first kappa shape index (κ1) is 23.9. The highest BCUT2D eigenvalue weighted by molar-refractivity contribution is 5.68. The van der Waals surface area contributed by atoms with Gasteiger partial charge >= 0.3 is 6.09 Å². The molecule has 2 aromatic rings. The predicted molar refractivity (Wildman–Crippen MR) is 119 cm³/mol. The summed E-state index contributed by atoms with van der Waals surface area (Å²) in [4.78, 5) is 14.7. The van der Waals surface area contributed by atoms with Crippen molar-refractivity contribution in [2.75, 3.05) is 13.7 Å². The molecule has 1 N–H and O–H groups in total. The molecule has 0 aliphatic carbocycles. The fourth-order valence-electron chi connectivity index (χ4n) is 3.80. The molecule has 0 heterocycles. The molecule has 0 saturated heterocycles. The average molecular weight is 414 g/mol. The van der Waals surface area contributed by atoms with Gasteiger partial charge in [-0.2, -0.15) is 0 Å². The van der Waals surface area contributed by atoms with E-state index in [-0.39, 0.29) is 30.9 Å². The van der Waals surface area contributed by atoms with Crippen molar-refractivity contribution in [3.05, 3.63) is 71.8 Å². The third-order valence-electron chi connectivity index (χ3n) is 5.30. The molecule has 30 heavy (non-hydrogen) atoms. The minimum absolute atomic E-state index is 0.0111. The van der Waals surface area contributed by atoms with Gasteiger partial charge in [-0.1, -0.05) is 74.5 Å². The van der Waals surface area contributed by atoms with Gasteiger partial charge < -0.3 is 14.6 Å². The van der Waals surface area contributed by atoms with E-state index in [2.05, 4.69) is 13.8 Å². The molecule has 0 aliphatic heterocycles. The van der Waals surface area contributed by atoms with Gasteiger partial charge in [0.1, 0.15) is 0 Å². The number of nitrogens with zero attached hydrogens (tertiary/aromatic N) is 1. The first-order chi connectivity index (χ1) is 14.5. The molecule has 5 heteroatoms. The minimum atomic E-state index is -0.386. The number of aliphatic hydroxyl groups excluding tert-OH is 1. The number of carbonyl (C=O) groups is 1. The summed E-state index contributed by atoms with van der Waals surface area (Å²) in [6.07, 6.45) is 0.483. The summed E-state index contributed by atoms with van der Waals surface area (Å²) in [6, 6.07) is 19.4. The van der Waals surface area contributed by atoms with E-state index in [0.717, 1.165) is 17.5 Å². The van der Waals surface area contributed by atoms with Crippen molar-refractivity contribution in [2.45, 2.75) is 58.4 Å². The molecule has 2 aromatic carbocycles. The zero-order chi connectivity index (χ0) is 21.9. The third-order valence-corrected chi connectivity index (χ3v) is 5.30. The highest BCUT2D eigenvalue weighted by atomic mass is 16.5. The van der Waals surface area contributed by atoms with Gasteiger partial charge in [0.2, 0.25) is 0 Å². The van der Waals surface area contributed by atoms with Gasteiger partial charge in [-0.05, 0) is 36.8 Å². The van der Waals surface area contributed by atoms with Crippen LogP contribution in [0, 0.1) is 5.92 Å². The predicted octanol–water partition coefficient (Wildman–Crippen LogP) is 5.20. The second-order valence-electron chi connectivity index (χ2n) is 8.01. The number of methoxy groups -OCH3 is 1. The Labute approximate surface area is 180 Å². The van der Waals surface area contributed by atoms with Gasteiger partial charge in [-0.25, -0.2) is 4.79 Å². The summed E-state index contributed by atoms with van der Waals surface area (Å²) in [5, 5.41) is 9.74. The summed E-state index contributed by atoms with van der Waals surface area (Å²) in [7, 11) is 1.41. The van der Waals surface area contributed by atoms with E-state index in [4.69, 9.17) is 9.47 Å². The minimum Gasteiger partial charge on any atom is -0.453 e. The summed E-state index contributed by atoms with van der Waals surface area (Å²) in [6.45, 7) is 6.68. The molecule has 0 fully saturated rings. The SMILES string of the molecule is COC(=O)N([C@H](C)c1ccccc1)[C@H](CC(C)C)[C@@H](CCO)OCc1ccccc1. The topological polar surface area (TPSA) is 59.0 Å². The molecule has 3 atom stereocenters. The van der Waals surface area contributed by atoms with Crippen LogP contribution in [0.4, 0.5) is 4.79 Å². The lowest BCUT2D eigenvalue weighted by Crippen LogP contribution is -2.50. The van der Waals surface area contributed by atoms with Crippen molar-refractivity contribution in [1.82, 2.24) is 4.90 Å². The molecule has 2 rings (SSSR count). The summed E-state index contributed by atoms with van der Waals surface area (Å²) in [5.41, 5.74) is 2.09. The molecule has 164 valence electrons. The Morgan fingerprint density at radius 3 is 2.13 bits per heavy atom. The highest BCUT2D eigenvalue weighted by Gasteiger charge is 2.36. The van der Waals surface area contributed by atoms with Crippen LogP contribution < -0.4 is 0 Å². The van der Waals surface area contributed by atoms with E-state index in [9.17, 15) is 9.90 Å². The fraction of sp³-hybridized carbons (Fsp3) is 0.480. The normalized spacial score (nSPS) is 14.2. The van der Waals surface area contributed by atoms with Crippen molar-refractivity contribution < 1.29 is 19.4 Å². The van der Waals surface area contributed by atoms with Crippen molar-refractivity contribution in [3.63, 3.8) is 0 Å². The Hall–Kier alpha value is -2.37. The van der Waals surface area contributed by atoms with Crippen LogP contribution in [0.15, 0.2) is 60.7 Å². The lowest BCUT2D eigenvalue weighted by atomic mass is 9.93. The van der Waals surface area contributed by atoms with Crippen molar-refractivity contribution in [2.24, 2.45) is 5.92 Å². The summed E-state index contributed by atoms with van der Waals surface area (Å²) >= 11 is 0. The first-order valence-corrected chi connectivity index (χ1v) is 10.7. The smallest absolute Gasteiger partial charge is 0.410 e. The lowest BCUT2D eigenvalue weighted by Gasteiger charge is -2.40. The maximum absolute atomic E-state index is 12.9. The molecule has 0 bridgehead atoms. The van der Waals surface area contributed by atoms with Crippen LogP contribution in [0.3, 0.4) is 0 Å². The largest absolute Gasteiger partial charge is 0.453 e. The Morgan fingerprint density at radius 1 is 1.00 bits per heavy atom. The first-order valence-electron chi connectivity index (χ1n) is 10.7. The number of amides is 1. The Bertz CT molecular complexity index is 735. The van der Waals surface area contributed by atoms with E-state index in [0.29, 0.717) is 18.9 Å². The number of rotatable bonds is 11. The number of hydrogen-bond acceptors (Lipinski definition) is 4. The number of benzene rings is 2. The van der Waals surface area contributed by atoms with Gasteiger partial charge in [0.25, 0.3) is 0 Å².